The number of amides is 2. The monoisotopic (exact) mass is 560 g/mol. The van der Waals surface area contributed by atoms with E-state index < -0.39 is 36.4 Å². The number of rotatable bonds is 11. The minimum absolute atomic E-state index is 0.144. The van der Waals surface area contributed by atoms with Crippen molar-refractivity contribution >= 4 is 75.1 Å². The van der Waals surface area contributed by atoms with Gasteiger partial charge in [0.05, 0.1) is 22.8 Å². The molecular formula is C23H26Cl2N2O6S2. The zero-order chi connectivity index (χ0) is 26.1. The number of nitrogens with one attached hydrogen (secondary N) is 2. The standard InChI is InChI=1S/C23H26Cl2N2O6S2/c1-5-32-23(31)19-12(2)13(3)35-21(19)27-18(28)11-33-22(30)17(8-9-34-4)26-20(29)15-7-6-14(24)10-16(15)25/h6-7,10,17H,5,8-9,11H2,1-4H3,(H,26,29)(H,27,28). The molecule has 1 heterocycles. The molecule has 2 amide bonds. The van der Waals surface area contributed by atoms with Gasteiger partial charge in [-0.05, 0) is 63.0 Å². The van der Waals surface area contributed by atoms with E-state index in [1.807, 2.05) is 13.2 Å². The molecule has 0 aliphatic carbocycles. The van der Waals surface area contributed by atoms with Gasteiger partial charge in [0.15, 0.2) is 6.61 Å². The molecule has 0 aliphatic rings. The highest BCUT2D eigenvalue weighted by molar-refractivity contribution is 7.98. The summed E-state index contributed by atoms with van der Waals surface area (Å²) in [7, 11) is 0. The van der Waals surface area contributed by atoms with Crippen molar-refractivity contribution in [1.29, 1.82) is 0 Å². The number of hydrogen-bond donors (Lipinski definition) is 2. The molecule has 2 aromatic rings. The third-order valence-corrected chi connectivity index (χ3v) is 7.15. The number of aryl methyl sites for hydroxylation is 1. The van der Waals surface area contributed by atoms with E-state index in [-0.39, 0.29) is 29.2 Å². The van der Waals surface area contributed by atoms with Gasteiger partial charge in [-0.15, -0.1) is 11.3 Å². The number of thiophene rings is 1. The van der Waals surface area contributed by atoms with Gasteiger partial charge in [-0.1, -0.05) is 23.2 Å². The molecule has 0 saturated carbocycles. The van der Waals surface area contributed by atoms with Crippen molar-refractivity contribution in [3.05, 3.63) is 49.8 Å². The van der Waals surface area contributed by atoms with Crippen LogP contribution < -0.4 is 10.6 Å². The molecule has 2 N–H and O–H groups in total. The number of halogens is 2. The van der Waals surface area contributed by atoms with Gasteiger partial charge in [-0.2, -0.15) is 11.8 Å². The molecule has 0 spiro atoms. The molecule has 0 saturated heterocycles. The summed E-state index contributed by atoms with van der Waals surface area (Å²) in [6, 6.07) is 3.41. The summed E-state index contributed by atoms with van der Waals surface area (Å²) >= 11 is 14.7. The predicted octanol–water partition coefficient (Wildman–Crippen LogP) is 4.88. The summed E-state index contributed by atoms with van der Waals surface area (Å²) in [5.74, 6) is -1.93. The number of hydrogen-bond acceptors (Lipinski definition) is 8. The Bertz CT molecular complexity index is 1110. The summed E-state index contributed by atoms with van der Waals surface area (Å²) in [6.45, 7) is 4.88. The molecule has 0 fully saturated rings. The highest BCUT2D eigenvalue weighted by Crippen LogP contribution is 2.33. The van der Waals surface area contributed by atoms with E-state index in [4.69, 9.17) is 32.7 Å². The molecule has 1 unspecified atom stereocenters. The topological polar surface area (TPSA) is 111 Å². The van der Waals surface area contributed by atoms with Gasteiger partial charge in [0.1, 0.15) is 11.0 Å². The molecule has 1 aromatic carbocycles. The van der Waals surface area contributed by atoms with Gasteiger partial charge >= 0.3 is 11.9 Å². The van der Waals surface area contributed by atoms with Crippen LogP contribution in [0.5, 0.6) is 0 Å². The highest BCUT2D eigenvalue weighted by Gasteiger charge is 2.26. The highest BCUT2D eigenvalue weighted by atomic mass is 35.5. The van der Waals surface area contributed by atoms with E-state index in [0.29, 0.717) is 21.3 Å². The Kier molecular flexibility index (Phi) is 11.4. The average Bonchev–Trinajstić information content (AvgIpc) is 3.07. The van der Waals surface area contributed by atoms with Crippen LogP contribution in [0.15, 0.2) is 18.2 Å². The first-order valence-corrected chi connectivity index (χ1v) is 13.5. The SMILES string of the molecule is CCOC(=O)c1c(NC(=O)COC(=O)C(CCSC)NC(=O)c2ccc(Cl)cc2Cl)sc(C)c1C. The number of carbonyl (C=O) groups is 4. The predicted molar refractivity (Wildman–Crippen MR) is 140 cm³/mol. The van der Waals surface area contributed by atoms with Crippen molar-refractivity contribution in [2.45, 2.75) is 33.2 Å². The van der Waals surface area contributed by atoms with E-state index in [1.54, 1.807) is 13.8 Å². The first-order valence-electron chi connectivity index (χ1n) is 10.6. The molecule has 1 atom stereocenters. The Hall–Kier alpha value is -2.27. The molecule has 0 aliphatic heterocycles. The van der Waals surface area contributed by atoms with E-state index >= 15 is 0 Å². The van der Waals surface area contributed by atoms with Gasteiger partial charge in [0.2, 0.25) is 0 Å². The minimum atomic E-state index is -0.990. The van der Waals surface area contributed by atoms with Gasteiger partial charge in [-0.25, -0.2) is 9.59 Å². The number of ether oxygens (including phenoxy) is 2. The third-order valence-electron chi connectivity index (χ3n) is 4.84. The first kappa shape index (κ1) is 29.0. The molecule has 190 valence electrons. The van der Waals surface area contributed by atoms with E-state index in [0.717, 1.165) is 4.88 Å². The molecular weight excluding hydrogens is 535 g/mol. The number of anilines is 1. The van der Waals surface area contributed by atoms with Crippen molar-refractivity contribution < 1.29 is 28.7 Å². The molecule has 0 radical (unpaired) electrons. The summed E-state index contributed by atoms with van der Waals surface area (Å²) in [4.78, 5) is 50.9. The van der Waals surface area contributed by atoms with E-state index in [9.17, 15) is 19.2 Å². The quantitative estimate of drug-likeness (QED) is 0.376. The number of esters is 2. The normalized spacial score (nSPS) is 11.5. The van der Waals surface area contributed by atoms with Crippen LogP contribution in [-0.4, -0.2) is 55.0 Å². The smallest absolute Gasteiger partial charge is 0.341 e. The fourth-order valence-corrected chi connectivity index (χ4v) is 4.99. The van der Waals surface area contributed by atoms with E-state index in [2.05, 4.69) is 10.6 Å². The Morgan fingerprint density at radius 2 is 1.86 bits per heavy atom. The summed E-state index contributed by atoms with van der Waals surface area (Å²) in [6.07, 6.45) is 2.15. The van der Waals surface area contributed by atoms with Crippen LogP contribution in [0.4, 0.5) is 5.00 Å². The minimum Gasteiger partial charge on any atom is -0.462 e. The van der Waals surface area contributed by atoms with Crippen molar-refractivity contribution in [2.24, 2.45) is 0 Å². The maximum Gasteiger partial charge on any atom is 0.341 e. The maximum atomic E-state index is 12.7. The van der Waals surface area contributed by atoms with Gasteiger partial charge in [-0.3, -0.25) is 9.59 Å². The van der Waals surface area contributed by atoms with Crippen molar-refractivity contribution in [3.8, 4) is 0 Å². The lowest BCUT2D eigenvalue weighted by Crippen LogP contribution is -2.43. The van der Waals surface area contributed by atoms with Crippen molar-refractivity contribution in [2.75, 3.05) is 30.5 Å². The van der Waals surface area contributed by atoms with Crippen LogP contribution in [0.2, 0.25) is 10.0 Å². The lowest BCUT2D eigenvalue weighted by molar-refractivity contribution is -0.149. The molecule has 2 rings (SSSR count). The second-order valence-corrected chi connectivity index (χ2v) is 10.3. The van der Waals surface area contributed by atoms with E-state index in [1.165, 1.54) is 41.3 Å². The zero-order valence-corrected chi connectivity index (χ0v) is 22.8. The summed E-state index contributed by atoms with van der Waals surface area (Å²) in [5, 5.41) is 6.05. The number of carbonyl (C=O) groups excluding carboxylic acids is 4. The van der Waals surface area contributed by atoms with Crippen LogP contribution in [0, 0.1) is 13.8 Å². The van der Waals surface area contributed by atoms with Crippen LogP contribution in [0.1, 0.15) is 44.5 Å². The van der Waals surface area contributed by atoms with Crippen LogP contribution in [0.25, 0.3) is 0 Å². The lowest BCUT2D eigenvalue weighted by atomic mass is 10.1. The van der Waals surface area contributed by atoms with Gasteiger partial charge < -0.3 is 20.1 Å². The zero-order valence-electron chi connectivity index (χ0n) is 19.7. The maximum absolute atomic E-state index is 12.7. The largest absolute Gasteiger partial charge is 0.462 e. The van der Waals surface area contributed by atoms with Crippen molar-refractivity contribution in [1.82, 2.24) is 5.32 Å². The summed E-state index contributed by atoms with van der Waals surface area (Å²) in [5.41, 5.74) is 1.14. The average molecular weight is 562 g/mol. The van der Waals surface area contributed by atoms with Crippen molar-refractivity contribution in [3.63, 3.8) is 0 Å². The van der Waals surface area contributed by atoms with Crippen LogP contribution in [0.3, 0.4) is 0 Å². The Morgan fingerprint density at radius 3 is 2.49 bits per heavy atom. The number of thioether (sulfide) groups is 1. The first-order chi connectivity index (χ1) is 16.6. The fourth-order valence-electron chi connectivity index (χ4n) is 2.96. The Morgan fingerprint density at radius 1 is 1.14 bits per heavy atom. The second kappa shape index (κ2) is 13.7. The molecule has 35 heavy (non-hydrogen) atoms. The van der Waals surface area contributed by atoms with Crippen LogP contribution in [-0.2, 0) is 19.1 Å². The molecule has 0 bridgehead atoms. The molecule has 1 aromatic heterocycles. The van der Waals surface area contributed by atoms with Gasteiger partial charge in [0, 0.05) is 9.90 Å². The fraction of sp³-hybridized carbons (Fsp3) is 0.391. The Labute approximate surface area is 222 Å². The van der Waals surface area contributed by atoms with Crippen LogP contribution >= 0.6 is 46.3 Å². The third kappa shape index (κ3) is 8.13. The lowest BCUT2D eigenvalue weighted by Gasteiger charge is -2.18. The van der Waals surface area contributed by atoms with Gasteiger partial charge in [0.25, 0.3) is 11.8 Å². The summed E-state index contributed by atoms with van der Waals surface area (Å²) < 4.78 is 10.2. The Balaban J connectivity index is 2.05. The second-order valence-electron chi connectivity index (χ2n) is 7.30. The molecule has 12 heteroatoms. The number of benzene rings is 1. The molecule has 8 nitrogen and oxygen atoms in total.